The third kappa shape index (κ3) is 6.86. The molecule has 0 aromatic heterocycles. The standard InChI is InChI=1S/C17H31N3O4/c1-17(2,3)15(19-9-8-13(21)20(4)5)14(22)12(24-16(18)23)10-11-6-7-11/h11-12,15,19H,6-10H2,1-5H3,(H2,18,23)/t12?,15-/m1/s1. The number of carbonyl (C=O) groups is 3. The fraction of sp³-hybridized carbons (Fsp3) is 0.824. The Balaban J connectivity index is 2.74. The van der Waals surface area contributed by atoms with Gasteiger partial charge in [0.05, 0.1) is 6.04 Å². The Morgan fingerprint density at radius 2 is 1.83 bits per heavy atom. The first kappa shape index (κ1) is 20.4. The minimum atomic E-state index is -0.926. The molecule has 1 unspecified atom stereocenters. The van der Waals surface area contributed by atoms with Gasteiger partial charge in [0.25, 0.3) is 0 Å². The van der Waals surface area contributed by atoms with Crippen molar-refractivity contribution in [3.05, 3.63) is 0 Å². The average molecular weight is 341 g/mol. The van der Waals surface area contributed by atoms with Crippen LogP contribution in [-0.2, 0) is 14.3 Å². The van der Waals surface area contributed by atoms with Crippen LogP contribution < -0.4 is 11.1 Å². The molecule has 0 aromatic carbocycles. The van der Waals surface area contributed by atoms with Crippen molar-refractivity contribution >= 4 is 17.8 Å². The van der Waals surface area contributed by atoms with Crippen molar-refractivity contribution < 1.29 is 19.1 Å². The molecule has 0 radical (unpaired) electrons. The van der Waals surface area contributed by atoms with E-state index < -0.39 is 18.2 Å². The van der Waals surface area contributed by atoms with E-state index in [-0.39, 0.29) is 17.1 Å². The highest BCUT2D eigenvalue weighted by molar-refractivity contribution is 5.90. The highest BCUT2D eigenvalue weighted by Gasteiger charge is 2.39. The van der Waals surface area contributed by atoms with Crippen molar-refractivity contribution in [1.29, 1.82) is 0 Å². The molecule has 0 heterocycles. The molecule has 0 spiro atoms. The molecule has 7 heteroatoms. The van der Waals surface area contributed by atoms with E-state index in [0.29, 0.717) is 25.3 Å². The largest absolute Gasteiger partial charge is 0.438 e. The second-order valence-electron chi connectivity index (χ2n) is 7.80. The fourth-order valence-corrected chi connectivity index (χ4v) is 2.59. The minimum Gasteiger partial charge on any atom is -0.438 e. The van der Waals surface area contributed by atoms with Gasteiger partial charge in [-0.15, -0.1) is 0 Å². The van der Waals surface area contributed by atoms with Gasteiger partial charge in [-0.3, -0.25) is 9.59 Å². The molecule has 138 valence electrons. The van der Waals surface area contributed by atoms with E-state index in [1.807, 2.05) is 20.8 Å². The van der Waals surface area contributed by atoms with Gasteiger partial charge in [-0.05, 0) is 17.8 Å². The maximum atomic E-state index is 12.9. The number of primary amides is 1. The van der Waals surface area contributed by atoms with Gasteiger partial charge < -0.3 is 20.7 Å². The molecule has 24 heavy (non-hydrogen) atoms. The van der Waals surface area contributed by atoms with Crippen LogP contribution in [0.25, 0.3) is 0 Å². The van der Waals surface area contributed by atoms with Crippen molar-refractivity contribution in [1.82, 2.24) is 10.2 Å². The summed E-state index contributed by atoms with van der Waals surface area (Å²) in [4.78, 5) is 37.3. The molecule has 2 atom stereocenters. The number of hydrogen-bond donors (Lipinski definition) is 2. The summed E-state index contributed by atoms with van der Waals surface area (Å²) in [5.74, 6) is 0.241. The van der Waals surface area contributed by atoms with Crippen LogP contribution in [0.3, 0.4) is 0 Å². The maximum Gasteiger partial charge on any atom is 0.405 e. The molecule has 0 bridgehead atoms. The van der Waals surface area contributed by atoms with Crippen molar-refractivity contribution in [3.8, 4) is 0 Å². The van der Waals surface area contributed by atoms with E-state index in [4.69, 9.17) is 10.5 Å². The molecule has 1 fully saturated rings. The van der Waals surface area contributed by atoms with Crippen LogP contribution in [0.4, 0.5) is 4.79 Å². The lowest BCUT2D eigenvalue weighted by Gasteiger charge is -2.33. The lowest BCUT2D eigenvalue weighted by molar-refractivity contribution is -0.133. The summed E-state index contributed by atoms with van der Waals surface area (Å²) in [5.41, 5.74) is 4.75. The smallest absolute Gasteiger partial charge is 0.405 e. The third-order valence-electron chi connectivity index (χ3n) is 4.16. The van der Waals surface area contributed by atoms with Crippen molar-refractivity contribution in [3.63, 3.8) is 0 Å². The minimum absolute atomic E-state index is 0.00877. The van der Waals surface area contributed by atoms with Crippen LogP contribution in [0.2, 0.25) is 0 Å². The number of nitrogens with zero attached hydrogens (tertiary/aromatic N) is 1. The highest BCUT2D eigenvalue weighted by Crippen LogP contribution is 2.35. The topological polar surface area (TPSA) is 102 Å². The average Bonchev–Trinajstić information content (AvgIpc) is 3.23. The van der Waals surface area contributed by atoms with E-state index in [0.717, 1.165) is 12.8 Å². The molecule has 1 aliphatic carbocycles. The number of nitrogens with one attached hydrogen (secondary N) is 1. The predicted octanol–water partition coefficient (Wildman–Crippen LogP) is 1.30. The van der Waals surface area contributed by atoms with E-state index in [1.165, 1.54) is 4.90 Å². The SMILES string of the molecule is CN(C)C(=O)CCN[C@H](C(=O)C(CC1CC1)OC(N)=O)C(C)(C)C. The molecule has 1 rings (SSSR count). The number of nitrogens with two attached hydrogens (primary N) is 1. The van der Waals surface area contributed by atoms with Crippen LogP contribution in [0.15, 0.2) is 0 Å². The second-order valence-corrected chi connectivity index (χ2v) is 7.80. The summed E-state index contributed by atoms with van der Waals surface area (Å²) in [6, 6.07) is -0.518. The zero-order valence-corrected chi connectivity index (χ0v) is 15.4. The van der Waals surface area contributed by atoms with E-state index in [9.17, 15) is 14.4 Å². The van der Waals surface area contributed by atoms with Gasteiger partial charge in [-0.1, -0.05) is 33.6 Å². The van der Waals surface area contributed by atoms with Crippen LogP contribution in [0, 0.1) is 11.3 Å². The Kier molecular flexibility index (Phi) is 7.20. The van der Waals surface area contributed by atoms with Crippen LogP contribution in [-0.4, -0.2) is 55.5 Å². The highest BCUT2D eigenvalue weighted by atomic mass is 16.6. The summed E-state index contributed by atoms with van der Waals surface area (Å²) in [7, 11) is 3.39. The van der Waals surface area contributed by atoms with Gasteiger partial charge in [-0.25, -0.2) is 4.79 Å². The van der Waals surface area contributed by atoms with E-state index in [1.54, 1.807) is 14.1 Å². The predicted molar refractivity (Wildman–Crippen MR) is 91.4 cm³/mol. The Labute approximate surface area is 144 Å². The molecular formula is C17H31N3O4. The molecule has 1 aliphatic rings. The van der Waals surface area contributed by atoms with Gasteiger partial charge in [0, 0.05) is 27.1 Å². The Morgan fingerprint density at radius 3 is 2.25 bits per heavy atom. The van der Waals surface area contributed by atoms with Gasteiger partial charge in [0.2, 0.25) is 5.91 Å². The zero-order chi connectivity index (χ0) is 18.5. The number of ketones is 1. The van der Waals surface area contributed by atoms with Crippen LogP contribution in [0.5, 0.6) is 0 Å². The normalized spacial score (nSPS) is 17.0. The Morgan fingerprint density at radius 1 is 1.25 bits per heavy atom. The molecule has 2 amide bonds. The maximum absolute atomic E-state index is 12.9. The quantitative estimate of drug-likeness (QED) is 0.658. The van der Waals surface area contributed by atoms with Gasteiger partial charge in [0.15, 0.2) is 11.9 Å². The van der Waals surface area contributed by atoms with Gasteiger partial charge in [-0.2, -0.15) is 0 Å². The number of hydrogen-bond acceptors (Lipinski definition) is 5. The summed E-state index contributed by atoms with van der Waals surface area (Å²) >= 11 is 0. The summed E-state index contributed by atoms with van der Waals surface area (Å²) in [6.45, 7) is 6.20. The van der Waals surface area contributed by atoms with Crippen LogP contribution in [0.1, 0.15) is 46.5 Å². The lowest BCUT2D eigenvalue weighted by atomic mass is 9.81. The van der Waals surface area contributed by atoms with Crippen LogP contribution >= 0.6 is 0 Å². The molecule has 0 aliphatic heterocycles. The van der Waals surface area contributed by atoms with E-state index in [2.05, 4.69) is 5.32 Å². The molecule has 3 N–H and O–H groups in total. The lowest BCUT2D eigenvalue weighted by Crippen LogP contribution is -2.52. The van der Waals surface area contributed by atoms with Gasteiger partial charge in [0.1, 0.15) is 0 Å². The summed E-state index contributed by atoms with van der Waals surface area (Å²) in [6.07, 6.45) is 1.18. The number of Topliss-reactive ketones (excluding diaryl/α,β-unsaturated/α-hetero) is 1. The molecular weight excluding hydrogens is 310 g/mol. The Hall–Kier alpha value is -1.63. The first-order valence-corrected chi connectivity index (χ1v) is 8.45. The number of ether oxygens (including phenoxy) is 1. The zero-order valence-electron chi connectivity index (χ0n) is 15.4. The summed E-state index contributed by atoms with van der Waals surface area (Å²) in [5, 5.41) is 3.16. The van der Waals surface area contributed by atoms with Crippen molar-refractivity contribution in [2.75, 3.05) is 20.6 Å². The molecule has 1 saturated carbocycles. The van der Waals surface area contributed by atoms with Crippen molar-refractivity contribution in [2.45, 2.75) is 58.6 Å². The third-order valence-corrected chi connectivity index (χ3v) is 4.16. The van der Waals surface area contributed by atoms with Crippen molar-refractivity contribution in [2.24, 2.45) is 17.1 Å². The first-order chi connectivity index (χ1) is 11.0. The monoisotopic (exact) mass is 341 g/mol. The van der Waals surface area contributed by atoms with E-state index >= 15 is 0 Å². The summed E-state index contributed by atoms with van der Waals surface area (Å²) < 4.78 is 5.08. The fourth-order valence-electron chi connectivity index (χ4n) is 2.59. The molecule has 7 nitrogen and oxygen atoms in total. The molecule has 0 aromatic rings. The first-order valence-electron chi connectivity index (χ1n) is 8.45. The second kappa shape index (κ2) is 8.46. The number of carbonyl (C=O) groups excluding carboxylic acids is 3. The number of rotatable bonds is 9. The number of amides is 2. The van der Waals surface area contributed by atoms with Gasteiger partial charge >= 0.3 is 6.09 Å². The Bertz CT molecular complexity index is 467. The molecule has 0 saturated heterocycles.